The van der Waals surface area contributed by atoms with Crippen LogP contribution in [0, 0.1) is 6.92 Å². The maximum Gasteiger partial charge on any atom is 0.240 e. The van der Waals surface area contributed by atoms with E-state index in [1.165, 1.54) is 0 Å². The third-order valence-electron chi connectivity index (χ3n) is 3.38. The van der Waals surface area contributed by atoms with E-state index in [0.29, 0.717) is 18.0 Å². The Morgan fingerprint density at radius 2 is 2.25 bits per heavy atom. The first-order valence-corrected chi connectivity index (χ1v) is 8.47. The topological polar surface area (TPSA) is 67.4 Å². The summed E-state index contributed by atoms with van der Waals surface area (Å²) in [7, 11) is -3.46. The zero-order valence-electron chi connectivity index (χ0n) is 12.0. The van der Waals surface area contributed by atoms with Crippen molar-refractivity contribution in [2.75, 3.05) is 19.7 Å². The van der Waals surface area contributed by atoms with Crippen LogP contribution < -0.4 is 14.8 Å². The summed E-state index contributed by atoms with van der Waals surface area (Å²) >= 11 is 0. The molecule has 0 radical (unpaired) electrons. The first-order valence-electron chi connectivity index (χ1n) is 6.99. The molecule has 1 aliphatic heterocycles. The van der Waals surface area contributed by atoms with Crippen LogP contribution in [0.4, 0.5) is 0 Å². The van der Waals surface area contributed by atoms with Gasteiger partial charge in [-0.15, -0.1) is 0 Å². The summed E-state index contributed by atoms with van der Waals surface area (Å²) in [5, 5.41) is 3.20. The van der Waals surface area contributed by atoms with E-state index < -0.39 is 10.0 Å². The van der Waals surface area contributed by atoms with Crippen molar-refractivity contribution in [1.82, 2.24) is 10.0 Å². The Balaban J connectivity index is 2.14. The van der Waals surface area contributed by atoms with E-state index in [-0.39, 0.29) is 6.04 Å². The van der Waals surface area contributed by atoms with Gasteiger partial charge in [-0.05, 0) is 57.0 Å². The average Bonchev–Trinajstić information content (AvgIpc) is 2.42. The molecule has 1 aromatic rings. The Kier molecular flexibility index (Phi) is 5.01. The molecule has 20 heavy (non-hydrogen) atoms. The molecule has 0 aliphatic carbocycles. The minimum Gasteiger partial charge on any atom is -0.494 e. The molecule has 0 aromatic heterocycles. The molecular formula is C14H22N2O3S. The molecule has 0 amide bonds. The van der Waals surface area contributed by atoms with Crippen LogP contribution in [0.2, 0.25) is 0 Å². The summed E-state index contributed by atoms with van der Waals surface area (Å²) in [5.41, 5.74) is 0.830. The van der Waals surface area contributed by atoms with Gasteiger partial charge in [-0.25, -0.2) is 13.1 Å². The molecule has 0 saturated carbocycles. The highest BCUT2D eigenvalue weighted by Gasteiger charge is 2.22. The summed E-state index contributed by atoms with van der Waals surface area (Å²) in [4.78, 5) is 0.295. The summed E-state index contributed by atoms with van der Waals surface area (Å²) in [5.74, 6) is 0.728. The summed E-state index contributed by atoms with van der Waals surface area (Å²) in [6.45, 7) is 5.97. The predicted octanol–water partition coefficient (Wildman–Crippen LogP) is 1.42. The zero-order valence-corrected chi connectivity index (χ0v) is 12.8. The second-order valence-electron chi connectivity index (χ2n) is 5.02. The van der Waals surface area contributed by atoms with Gasteiger partial charge in [-0.1, -0.05) is 0 Å². The maximum atomic E-state index is 12.3. The van der Waals surface area contributed by atoms with Crippen molar-refractivity contribution in [3.8, 4) is 5.75 Å². The second-order valence-corrected chi connectivity index (χ2v) is 6.74. The highest BCUT2D eigenvalue weighted by molar-refractivity contribution is 7.89. The van der Waals surface area contributed by atoms with Crippen LogP contribution in [0.3, 0.4) is 0 Å². The van der Waals surface area contributed by atoms with Gasteiger partial charge in [0.2, 0.25) is 10.0 Å². The predicted molar refractivity (Wildman–Crippen MR) is 78.6 cm³/mol. The minimum atomic E-state index is -3.46. The third-order valence-corrected chi connectivity index (χ3v) is 4.89. The number of ether oxygens (including phenoxy) is 1. The fraction of sp³-hybridized carbons (Fsp3) is 0.571. The number of nitrogens with one attached hydrogen (secondary N) is 2. The minimum absolute atomic E-state index is 0.0272. The lowest BCUT2D eigenvalue weighted by Crippen LogP contribution is -2.45. The largest absolute Gasteiger partial charge is 0.494 e. The molecule has 1 aliphatic rings. The quantitative estimate of drug-likeness (QED) is 0.863. The van der Waals surface area contributed by atoms with Crippen molar-refractivity contribution in [3.63, 3.8) is 0 Å². The molecule has 2 rings (SSSR count). The van der Waals surface area contributed by atoms with Crippen molar-refractivity contribution >= 4 is 10.0 Å². The van der Waals surface area contributed by atoms with Gasteiger partial charge < -0.3 is 10.1 Å². The molecule has 0 unspecified atom stereocenters. The number of hydrogen-bond donors (Lipinski definition) is 2. The van der Waals surface area contributed by atoms with Crippen LogP contribution in [0.25, 0.3) is 0 Å². The smallest absolute Gasteiger partial charge is 0.240 e. The standard InChI is InChI=1S/C14H22N2O3S/c1-3-19-14-7-6-13(9-11(14)2)20(17,18)16-12-5-4-8-15-10-12/h6-7,9,12,15-16H,3-5,8,10H2,1-2H3/t12-/m0/s1. The van der Waals surface area contributed by atoms with Crippen LogP contribution >= 0.6 is 0 Å². The molecule has 2 N–H and O–H groups in total. The number of benzene rings is 1. The molecule has 0 spiro atoms. The van der Waals surface area contributed by atoms with Gasteiger partial charge in [0.15, 0.2) is 0 Å². The average molecular weight is 298 g/mol. The van der Waals surface area contributed by atoms with Gasteiger partial charge in [0, 0.05) is 12.6 Å². The molecule has 0 bridgehead atoms. The van der Waals surface area contributed by atoms with Crippen molar-refractivity contribution in [1.29, 1.82) is 0 Å². The van der Waals surface area contributed by atoms with Gasteiger partial charge in [0.25, 0.3) is 0 Å². The highest BCUT2D eigenvalue weighted by atomic mass is 32.2. The van der Waals surface area contributed by atoms with Crippen molar-refractivity contribution in [2.45, 2.75) is 37.6 Å². The molecule has 1 saturated heterocycles. The number of piperidine rings is 1. The van der Waals surface area contributed by atoms with E-state index in [9.17, 15) is 8.42 Å². The van der Waals surface area contributed by atoms with Crippen LogP contribution in [-0.2, 0) is 10.0 Å². The van der Waals surface area contributed by atoms with E-state index in [4.69, 9.17) is 4.74 Å². The van der Waals surface area contributed by atoms with E-state index in [1.807, 2.05) is 13.8 Å². The Bertz CT molecular complexity index is 552. The lowest BCUT2D eigenvalue weighted by atomic mass is 10.1. The van der Waals surface area contributed by atoms with Crippen molar-refractivity contribution < 1.29 is 13.2 Å². The molecule has 1 fully saturated rings. The molecule has 1 atom stereocenters. The Labute approximate surface area is 120 Å². The number of rotatable bonds is 5. The SMILES string of the molecule is CCOc1ccc(S(=O)(=O)N[C@H]2CCCNC2)cc1C. The van der Waals surface area contributed by atoms with E-state index in [1.54, 1.807) is 18.2 Å². The number of aryl methyl sites for hydroxylation is 1. The van der Waals surface area contributed by atoms with E-state index in [2.05, 4.69) is 10.0 Å². The van der Waals surface area contributed by atoms with Crippen molar-refractivity contribution in [2.24, 2.45) is 0 Å². The fourth-order valence-electron chi connectivity index (χ4n) is 2.35. The van der Waals surface area contributed by atoms with Gasteiger partial charge in [-0.3, -0.25) is 0 Å². The normalized spacial score (nSPS) is 19.8. The zero-order chi connectivity index (χ0) is 14.6. The number of hydrogen-bond acceptors (Lipinski definition) is 4. The summed E-state index contributed by atoms with van der Waals surface area (Å²) in [6, 6.07) is 4.94. The van der Waals surface area contributed by atoms with Gasteiger partial charge in [-0.2, -0.15) is 0 Å². The Hall–Kier alpha value is -1.11. The Morgan fingerprint density at radius 1 is 1.45 bits per heavy atom. The van der Waals surface area contributed by atoms with E-state index in [0.717, 1.165) is 30.7 Å². The lowest BCUT2D eigenvalue weighted by Gasteiger charge is -2.23. The van der Waals surface area contributed by atoms with E-state index >= 15 is 0 Å². The monoisotopic (exact) mass is 298 g/mol. The van der Waals surface area contributed by atoms with Gasteiger partial charge in [0.05, 0.1) is 11.5 Å². The first-order chi connectivity index (χ1) is 9.53. The molecule has 1 aromatic carbocycles. The van der Waals surface area contributed by atoms with Gasteiger partial charge in [0.1, 0.15) is 5.75 Å². The van der Waals surface area contributed by atoms with Crippen LogP contribution in [0.15, 0.2) is 23.1 Å². The molecule has 112 valence electrons. The molecule has 5 nitrogen and oxygen atoms in total. The summed E-state index contributed by atoms with van der Waals surface area (Å²) < 4.78 is 32.9. The summed E-state index contributed by atoms with van der Waals surface area (Å²) in [6.07, 6.45) is 1.87. The fourth-order valence-corrected chi connectivity index (χ4v) is 3.70. The highest BCUT2D eigenvalue weighted by Crippen LogP contribution is 2.22. The molecule has 6 heteroatoms. The Morgan fingerprint density at radius 3 is 2.85 bits per heavy atom. The number of sulfonamides is 1. The van der Waals surface area contributed by atoms with Crippen LogP contribution in [0.1, 0.15) is 25.3 Å². The maximum absolute atomic E-state index is 12.3. The lowest BCUT2D eigenvalue weighted by molar-refractivity contribution is 0.337. The first kappa shape index (κ1) is 15.3. The molecular weight excluding hydrogens is 276 g/mol. The molecule has 1 heterocycles. The van der Waals surface area contributed by atoms with Crippen LogP contribution in [-0.4, -0.2) is 34.2 Å². The van der Waals surface area contributed by atoms with Crippen molar-refractivity contribution in [3.05, 3.63) is 23.8 Å². The second kappa shape index (κ2) is 6.56. The van der Waals surface area contributed by atoms with Gasteiger partial charge >= 0.3 is 0 Å². The van der Waals surface area contributed by atoms with Crippen LogP contribution in [0.5, 0.6) is 5.75 Å². The third kappa shape index (κ3) is 3.71.